The molecule has 0 bridgehead atoms. The van der Waals surface area contributed by atoms with Gasteiger partial charge in [-0.05, 0) is 30.7 Å². The van der Waals surface area contributed by atoms with E-state index in [0.29, 0.717) is 22.9 Å². The van der Waals surface area contributed by atoms with Gasteiger partial charge in [0.25, 0.3) is 0 Å². The Labute approximate surface area is 145 Å². The number of benzene rings is 2. The zero-order valence-electron chi connectivity index (χ0n) is 13.2. The Balaban J connectivity index is 1.60. The smallest absolute Gasteiger partial charge is 0.308 e. The van der Waals surface area contributed by atoms with Crippen LogP contribution in [0.2, 0.25) is 5.02 Å². The molecular weight excluding hydrogens is 324 g/mol. The first-order valence-electron chi connectivity index (χ1n) is 7.50. The normalized spacial score (nSPS) is 10.4. The molecular formula is C18H17ClN4O. The number of rotatable bonds is 4. The number of nitrogens with one attached hydrogen (secondary N) is 2. The van der Waals surface area contributed by atoms with Crippen LogP contribution in [0.15, 0.2) is 60.9 Å². The SMILES string of the molecule is Cc1cccc(Cn2cc(NC(=O)Nc3cccc(Cl)c3)cn2)c1. The van der Waals surface area contributed by atoms with Crippen molar-refractivity contribution in [3.63, 3.8) is 0 Å². The topological polar surface area (TPSA) is 59.0 Å². The molecule has 24 heavy (non-hydrogen) atoms. The molecule has 0 unspecified atom stereocenters. The molecule has 3 aromatic rings. The number of halogens is 1. The molecule has 0 spiro atoms. The minimum Gasteiger partial charge on any atom is -0.308 e. The lowest BCUT2D eigenvalue weighted by Crippen LogP contribution is -2.19. The van der Waals surface area contributed by atoms with E-state index in [9.17, 15) is 4.79 Å². The number of carbonyl (C=O) groups excluding carboxylic acids is 1. The van der Waals surface area contributed by atoms with E-state index < -0.39 is 0 Å². The summed E-state index contributed by atoms with van der Waals surface area (Å²) in [5.74, 6) is 0. The predicted molar refractivity (Wildman–Crippen MR) is 96.6 cm³/mol. The maximum absolute atomic E-state index is 12.0. The molecule has 5 nitrogen and oxygen atoms in total. The molecule has 0 aliphatic carbocycles. The molecule has 1 heterocycles. The van der Waals surface area contributed by atoms with E-state index in [2.05, 4.69) is 34.8 Å². The first-order chi connectivity index (χ1) is 11.6. The Morgan fingerprint density at radius 2 is 1.92 bits per heavy atom. The molecule has 0 atom stereocenters. The minimum atomic E-state index is -0.340. The van der Waals surface area contributed by atoms with Crippen molar-refractivity contribution in [3.05, 3.63) is 77.1 Å². The van der Waals surface area contributed by atoms with Gasteiger partial charge < -0.3 is 10.6 Å². The fourth-order valence-corrected chi connectivity index (χ4v) is 2.56. The first-order valence-corrected chi connectivity index (χ1v) is 7.88. The summed E-state index contributed by atoms with van der Waals surface area (Å²) in [4.78, 5) is 12.0. The van der Waals surface area contributed by atoms with Crippen LogP contribution in [-0.2, 0) is 6.54 Å². The largest absolute Gasteiger partial charge is 0.323 e. The van der Waals surface area contributed by atoms with Gasteiger partial charge >= 0.3 is 6.03 Å². The van der Waals surface area contributed by atoms with Crippen LogP contribution in [0.3, 0.4) is 0 Å². The summed E-state index contributed by atoms with van der Waals surface area (Å²) in [6.07, 6.45) is 3.41. The lowest BCUT2D eigenvalue weighted by molar-refractivity contribution is 0.262. The molecule has 6 heteroatoms. The Hall–Kier alpha value is -2.79. The molecule has 0 aliphatic heterocycles. The van der Waals surface area contributed by atoms with Crippen LogP contribution < -0.4 is 10.6 Å². The van der Waals surface area contributed by atoms with E-state index in [1.807, 2.05) is 12.1 Å². The number of hydrogen-bond donors (Lipinski definition) is 2. The van der Waals surface area contributed by atoms with Crippen molar-refractivity contribution in [1.82, 2.24) is 9.78 Å². The van der Waals surface area contributed by atoms with Gasteiger partial charge in [-0.3, -0.25) is 4.68 Å². The second-order valence-corrected chi connectivity index (χ2v) is 5.94. The molecule has 1 aromatic heterocycles. The van der Waals surface area contributed by atoms with Gasteiger partial charge in [0.2, 0.25) is 0 Å². The third-order valence-corrected chi connectivity index (χ3v) is 3.64. The summed E-state index contributed by atoms with van der Waals surface area (Å²) in [6.45, 7) is 2.71. The van der Waals surface area contributed by atoms with Crippen molar-refractivity contribution >= 4 is 29.0 Å². The summed E-state index contributed by atoms with van der Waals surface area (Å²) in [6, 6.07) is 14.9. The summed E-state index contributed by atoms with van der Waals surface area (Å²) in [5, 5.41) is 10.3. The summed E-state index contributed by atoms with van der Waals surface area (Å²) >= 11 is 5.89. The monoisotopic (exact) mass is 340 g/mol. The molecule has 2 N–H and O–H groups in total. The van der Waals surface area contributed by atoms with E-state index in [1.165, 1.54) is 5.56 Å². The predicted octanol–water partition coefficient (Wildman–Crippen LogP) is 4.54. The van der Waals surface area contributed by atoms with E-state index in [4.69, 9.17) is 11.6 Å². The lowest BCUT2D eigenvalue weighted by Gasteiger charge is -2.06. The van der Waals surface area contributed by atoms with E-state index in [1.54, 1.807) is 41.3 Å². The maximum Gasteiger partial charge on any atom is 0.323 e. The van der Waals surface area contributed by atoms with Crippen LogP contribution in [-0.4, -0.2) is 15.8 Å². The van der Waals surface area contributed by atoms with Gasteiger partial charge in [-0.25, -0.2) is 4.79 Å². The number of urea groups is 1. The zero-order chi connectivity index (χ0) is 16.9. The molecule has 0 radical (unpaired) electrons. The van der Waals surface area contributed by atoms with E-state index in [0.717, 1.165) is 5.56 Å². The molecule has 3 rings (SSSR count). The number of anilines is 2. The third-order valence-electron chi connectivity index (χ3n) is 3.40. The highest BCUT2D eigenvalue weighted by Gasteiger charge is 2.06. The molecule has 0 saturated heterocycles. The number of nitrogens with zero attached hydrogens (tertiary/aromatic N) is 2. The van der Waals surface area contributed by atoms with Gasteiger partial charge in [-0.15, -0.1) is 0 Å². The van der Waals surface area contributed by atoms with Crippen molar-refractivity contribution in [1.29, 1.82) is 0 Å². The first kappa shape index (κ1) is 16.1. The highest BCUT2D eigenvalue weighted by molar-refractivity contribution is 6.30. The summed E-state index contributed by atoms with van der Waals surface area (Å²) < 4.78 is 1.78. The maximum atomic E-state index is 12.0. The average molecular weight is 341 g/mol. The fourth-order valence-electron chi connectivity index (χ4n) is 2.37. The van der Waals surface area contributed by atoms with Crippen molar-refractivity contribution in [2.75, 3.05) is 10.6 Å². The van der Waals surface area contributed by atoms with Crippen molar-refractivity contribution in [2.24, 2.45) is 0 Å². The molecule has 0 aliphatic rings. The standard InChI is InChI=1S/C18H17ClN4O/c1-13-4-2-5-14(8-13)11-23-12-17(10-20-23)22-18(24)21-16-7-3-6-15(19)9-16/h2-10,12H,11H2,1H3,(H2,21,22,24). The Bertz CT molecular complexity index is 859. The van der Waals surface area contributed by atoms with Crippen LogP contribution in [0.25, 0.3) is 0 Å². The summed E-state index contributed by atoms with van der Waals surface area (Å²) in [5.41, 5.74) is 3.63. The lowest BCUT2D eigenvalue weighted by atomic mass is 10.1. The van der Waals surface area contributed by atoms with Crippen molar-refractivity contribution in [2.45, 2.75) is 13.5 Å². The molecule has 0 fully saturated rings. The number of carbonyl (C=O) groups is 1. The Morgan fingerprint density at radius 3 is 2.71 bits per heavy atom. The zero-order valence-corrected chi connectivity index (χ0v) is 13.9. The number of aromatic nitrogens is 2. The molecule has 2 aromatic carbocycles. The van der Waals surface area contributed by atoms with Gasteiger partial charge in [0, 0.05) is 16.9 Å². The third kappa shape index (κ3) is 4.36. The van der Waals surface area contributed by atoms with Crippen LogP contribution in [0.5, 0.6) is 0 Å². The molecule has 122 valence electrons. The quantitative estimate of drug-likeness (QED) is 0.732. The summed E-state index contributed by atoms with van der Waals surface area (Å²) in [7, 11) is 0. The number of aryl methyl sites for hydroxylation is 1. The second kappa shape index (κ2) is 7.19. The number of amides is 2. The minimum absolute atomic E-state index is 0.340. The van der Waals surface area contributed by atoms with Gasteiger partial charge in [0.1, 0.15) is 0 Å². The van der Waals surface area contributed by atoms with Crippen LogP contribution in [0.4, 0.5) is 16.2 Å². The average Bonchev–Trinajstić information content (AvgIpc) is 2.94. The molecule has 2 amide bonds. The van der Waals surface area contributed by atoms with E-state index in [-0.39, 0.29) is 6.03 Å². The van der Waals surface area contributed by atoms with Crippen LogP contribution in [0.1, 0.15) is 11.1 Å². The van der Waals surface area contributed by atoms with Crippen LogP contribution >= 0.6 is 11.6 Å². The van der Waals surface area contributed by atoms with E-state index >= 15 is 0 Å². The van der Waals surface area contributed by atoms with Crippen molar-refractivity contribution < 1.29 is 4.79 Å². The van der Waals surface area contributed by atoms with Gasteiger partial charge in [-0.1, -0.05) is 47.5 Å². The Kier molecular flexibility index (Phi) is 4.82. The number of hydrogen-bond acceptors (Lipinski definition) is 2. The highest BCUT2D eigenvalue weighted by atomic mass is 35.5. The van der Waals surface area contributed by atoms with Gasteiger partial charge in [0.15, 0.2) is 0 Å². The second-order valence-electron chi connectivity index (χ2n) is 5.51. The highest BCUT2D eigenvalue weighted by Crippen LogP contribution is 2.15. The van der Waals surface area contributed by atoms with Gasteiger partial charge in [0.05, 0.1) is 18.4 Å². The Morgan fingerprint density at radius 1 is 1.12 bits per heavy atom. The van der Waals surface area contributed by atoms with Crippen molar-refractivity contribution in [3.8, 4) is 0 Å². The van der Waals surface area contributed by atoms with Crippen LogP contribution in [0, 0.1) is 6.92 Å². The van der Waals surface area contributed by atoms with Gasteiger partial charge in [-0.2, -0.15) is 5.10 Å². The molecule has 0 saturated carbocycles. The fraction of sp³-hybridized carbons (Fsp3) is 0.111.